The van der Waals surface area contributed by atoms with E-state index in [4.69, 9.17) is 0 Å². The fourth-order valence-corrected chi connectivity index (χ4v) is 17.7. The third-order valence-corrected chi connectivity index (χ3v) is 20.4. The van der Waals surface area contributed by atoms with E-state index in [-0.39, 0.29) is 0 Å². The van der Waals surface area contributed by atoms with Gasteiger partial charge in [0.05, 0.1) is 0 Å². The topological polar surface area (TPSA) is 0 Å². The van der Waals surface area contributed by atoms with Crippen molar-refractivity contribution >= 4 is 100 Å². The van der Waals surface area contributed by atoms with E-state index in [9.17, 15) is 0 Å². The second-order valence-corrected chi connectivity index (χ2v) is 23.3. The molecule has 0 spiro atoms. The van der Waals surface area contributed by atoms with Crippen molar-refractivity contribution in [2.75, 3.05) is 0 Å². The van der Waals surface area contributed by atoms with Gasteiger partial charge in [0.15, 0.2) is 0 Å². The zero-order valence-electron chi connectivity index (χ0n) is 39.3. The summed E-state index contributed by atoms with van der Waals surface area (Å²) in [6.07, 6.45) is 0. The molecule has 15 aromatic rings. The first-order chi connectivity index (χ1) is 35.8. The van der Waals surface area contributed by atoms with Crippen LogP contribution in [0.5, 0.6) is 0 Å². The lowest BCUT2D eigenvalue weighted by Crippen LogP contribution is -1.94. The number of benzene rings is 13. The molecule has 0 N–H and O–H groups in total. The minimum absolute atomic E-state index is 0.733. The van der Waals surface area contributed by atoms with Gasteiger partial charge in [0.2, 0.25) is 0 Å². The Kier molecular flexibility index (Phi) is 9.49. The van der Waals surface area contributed by atoms with Crippen LogP contribution in [0.4, 0.5) is 0 Å². The van der Waals surface area contributed by atoms with Crippen molar-refractivity contribution in [3.63, 3.8) is 0 Å². The van der Waals surface area contributed by atoms with Gasteiger partial charge in [-0.2, -0.15) is 0 Å². The second kappa shape index (κ2) is 16.6. The van der Waals surface area contributed by atoms with E-state index in [1.807, 2.05) is 0 Å². The van der Waals surface area contributed by atoms with Gasteiger partial charge in [-0.05, 0) is 127 Å². The predicted molar refractivity (Wildman–Crippen MR) is 316 cm³/mol. The third-order valence-electron chi connectivity index (χ3n) is 15.3. The highest BCUT2D eigenvalue weighted by Crippen LogP contribution is 2.59. The van der Waals surface area contributed by atoms with Crippen LogP contribution in [0.2, 0.25) is 0 Å². The molecule has 0 aliphatic heterocycles. The molecule has 0 aliphatic carbocycles. The summed E-state index contributed by atoms with van der Waals surface area (Å²) in [5.41, 5.74) is 10.1. The summed E-state index contributed by atoms with van der Waals surface area (Å²) in [6.45, 7) is 0. The van der Waals surface area contributed by atoms with E-state index in [0.29, 0.717) is 0 Å². The molecule has 0 radical (unpaired) electrons. The van der Waals surface area contributed by atoms with Crippen molar-refractivity contribution < 1.29 is 0 Å². The Balaban J connectivity index is 1.12. The van der Waals surface area contributed by atoms with Crippen molar-refractivity contribution in [3.8, 4) is 55.1 Å². The van der Waals surface area contributed by atoms with Gasteiger partial charge in [-0.15, -0.1) is 0 Å². The lowest BCUT2D eigenvalue weighted by atomic mass is 9.81. The molecule has 2 aromatic heterocycles. The van der Waals surface area contributed by atoms with Gasteiger partial charge >= 0.3 is 0 Å². The molecular formula is C70H44P2. The quantitative estimate of drug-likeness (QED) is 0.146. The summed E-state index contributed by atoms with van der Waals surface area (Å²) in [6, 6.07) is 101. The van der Waals surface area contributed by atoms with Gasteiger partial charge in [0.25, 0.3) is 0 Å². The summed E-state index contributed by atoms with van der Waals surface area (Å²) >= 11 is 0. The van der Waals surface area contributed by atoms with Crippen LogP contribution in [0.3, 0.4) is 0 Å². The van der Waals surface area contributed by atoms with Crippen LogP contribution >= 0.6 is 15.1 Å². The van der Waals surface area contributed by atoms with Crippen molar-refractivity contribution in [1.29, 1.82) is 0 Å². The zero-order valence-corrected chi connectivity index (χ0v) is 41.1. The fourth-order valence-electron chi connectivity index (χ4n) is 12.4. The van der Waals surface area contributed by atoms with Crippen molar-refractivity contribution in [1.82, 2.24) is 0 Å². The molecule has 0 saturated heterocycles. The van der Waals surface area contributed by atoms with Gasteiger partial charge in [-0.1, -0.05) is 264 Å². The molecule has 2 atom stereocenters. The van der Waals surface area contributed by atoms with Gasteiger partial charge in [-0.25, -0.2) is 0 Å². The maximum atomic E-state index is 2.56. The molecule has 0 amide bonds. The highest BCUT2D eigenvalue weighted by Gasteiger charge is 2.25. The Labute approximate surface area is 419 Å². The summed E-state index contributed by atoms with van der Waals surface area (Å²) in [7, 11) is -1.47. The Morgan fingerprint density at radius 1 is 0.194 bits per heavy atom. The van der Waals surface area contributed by atoms with Crippen molar-refractivity contribution in [2.45, 2.75) is 0 Å². The molecule has 2 heteroatoms. The monoisotopic (exact) mass is 946 g/mol. The van der Waals surface area contributed by atoms with Crippen LogP contribution < -0.4 is 0 Å². The first kappa shape index (κ1) is 41.3. The molecule has 0 fully saturated rings. The summed E-state index contributed by atoms with van der Waals surface area (Å²) in [5, 5.41) is 24.0. The highest BCUT2D eigenvalue weighted by molar-refractivity contribution is 7.68. The molecule has 2 heterocycles. The Bertz CT molecular complexity index is 4380. The molecule has 0 nitrogen and oxygen atoms in total. The maximum absolute atomic E-state index is 2.56. The van der Waals surface area contributed by atoms with Crippen LogP contribution in [0, 0.1) is 0 Å². The summed E-state index contributed by atoms with van der Waals surface area (Å²) < 4.78 is 0. The fraction of sp³-hybridized carbons (Fsp3) is 0. The Morgan fingerprint density at radius 2 is 0.500 bits per heavy atom. The number of fused-ring (bicyclic) bond motifs is 10. The minimum Gasteiger partial charge on any atom is -0.0772 e. The Hall–Kier alpha value is -8.50. The van der Waals surface area contributed by atoms with Gasteiger partial charge in [0, 0.05) is 31.2 Å². The standard InChI is InChI=1S/C70H44P2/c1-4-22-45(23-5-1)66-52-28-10-12-30-54(52)69(55-31-13-11-29-53(55)66)70-56-36-18-34-48(50-38-20-42-64-67(50)58-32-14-16-40-62(58)71(64)46-24-6-2-7-25-46)60(56)44-61-49(35-19-37-57(61)70)51-39-21-43-65-68(51)59-33-15-17-41-63(59)72(65)47-26-8-3-9-27-47/h1-44H. The maximum Gasteiger partial charge on any atom is 0.00745 e. The molecular weight excluding hydrogens is 903 g/mol. The predicted octanol–water partition coefficient (Wildman–Crippen LogP) is 21.5. The van der Waals surface area contributed by atoms with Gasteiger partial charge in [-0.3, -0.25) is 0 Å². The van der Waals surface area contributed by atoms with Gasteiger partial charge < -0.3 is 0 Å². The molecule has 13 aromatic carbocycles. The number of hydrogen-bond donors (Lipinski definition) is 0. The minimum atomic E-state index is -0.733. The molecule has 0 saturated carbocycles. The summed E-state index contributed by atoms with van der Waals surface area (Å²) in [5.74, 6) is 0. The van der Waals surface area contributed by atoms with Gasteiger partial charge in [0.1, 0.15) is 0 Å². The van der Waals surface area contributed by atoms with Crippen LogP contribution in [0.15, 0.2) is 267 Å². The number of rotatable bonds is 6. The van der Waals surface area contributed by atoms with E-state index in [1.54, 1.807) is 0 Å². The lowest BCUT2D eigenvalue weighted by molar-refractivity contribution is 1.66. The van der Waals surface area contributed by atoms with Crippen LogP contribution in [-0.4, -0.2) is 0 Å². The summed E-state index contributed by atoms with van der Waals surface area (Å²) in [4.78, 5) is 0. The van der Waals surface area contributed by atoms with E-state index < -0.39 is 15.1 Å². The molecule has 15 rings (SSSR count). The van der Waals surface area contributed by atoms with Crippen molar-refractivity contribution in [3.05, 3.63) is 267 Å². The first-order valence-electron chi connectivity index (χ1n) is 24.9. The molecule has 0 bridgehead atoms. The zero-order chi connectivity index (χ0) is 47.3. The van der Waals surface area contributed by atoms with E-state index >= 15 is 0 Å². The molecule has 334 valence electrons. The molecule has 2 unspecified atom stereocenters. The van der Waals surface area contributed by atoms with E-state index in [2.05, 4.69) is 267 Å². The lowest BCUT2D eigenvalue weighted by Gasteiger charge is -2.22. The van der Waals surface area contributed by atoms with Crippen LogP contribution in [0.25, 0.3) is 140 Å². The third kappa shape index (κ3) is 6.14. The molecule has 0 aliphatic rings. The van der Waals surface area contributed by atoms with E-state index in [0.717, 1.165) is 0 Å². The molecule has 72 heavy (non-hydrogen) atoms. The largest absolute Gasteiger partial charge is 0.0772 e. The average Bonchev–Trinajstić information content (AvgIpc) is 3.98. The Morgan fingerprint density at radius 3 is 0.944 bits per heavy atom. The smallest absolute Gasteiger partial charge is 0.00745 e. The van der Waals surface area contributed by atoms with Crippen LogP contribution in [0.1, 0.15) is 0 Å². The van der Waals surface area contributed by atoms with Crippen molar-refractivity contribution in [2.24, 2.45) is 0 Å². The SMILES string of the molecule is c1ccc(-c2c3ccccc3c(-c3c4cccc(-c5cccc6c5c5ccccc5p6-c5ccccc5)c4cc4c(-c5cccc6c5c5ccccc5p6-c5ccccc5)cccc34)c3ccccc23)cc1. The second-order valence-electron chi connectivity index (χ2n) is 19.0. The van der Waals surface area contributed by atoms with E-state index in [1.165, 1.54) is 140 Å². The highest BCUT2D eigenvalue weighted by atomic mass is 31.1. The number of hydrogen-bond acceptors (Lipinski definition) is 0. The average molecular weight is 947 g/mol. The first-order valence-corrected chi connectivity index (χ1v) is 27.6. The normalized spacial score (nSPS) is 12.4. The van der Waals surface area contributed by atoms with Crippen LogP contribution in [-0.2, 0) is 0 Å².